The van der Waals surface area contributed by atoms with Crippen molar-refractivity contribution in [2.45, 2.75) is 49.7 Å². The summed E-state index contributed by atoms with van der Waals surface area (Å²) in [6.07, 6.45) is 3.63. The van der Waals surface area contributed by atoms with E-state index < -0.39 is 15.9 Å². The van der Waals surface area contributed by atoms with Gasteiger partial charge in [0.2, 0.25) is 0 Å². The molecule has 2 saturated heterocycles. The first kappa shape index (κ1) is 23.5. The maximum atomic E-state index is 14.1. The Morgan fingerprint density at radius 3 is 2.55 bits per heavy atom. The number of nitrogens with one attached hydrogen (secondary N) is 2. The van der Waals surface area contributed by atoms with Gasteiger partial charge in [0.1, 0.15) is 20.6 Å². The molecule has 2 bridgehead atoms. The van der Waals surface area contributed by atoms with Crippen molar-refractivity contribution >= 4 is 21.6 Å². The Morgan fingerprint density at radius 1 is 1.21 bits per heavy atom. The Hall–Kier alpha value is -2.62. The Kier molecular flexibility index (Phi) is 7.21. The zero-order chi connectivity index (χ0) is 23.4. The van der Waals surface area contributed by atoms with Crippen molar-refractivity contribution in [1.29, 1.82) is 4.78 Å². The number of methoxy groups -OCH3 is 1. The molecule has 2 aromatic rings. The van der Waals surface area contributed by atoms with E-state index in [0.29, 0.717) is 36.8 Å². The summed E-state index contributed by atoms with van der Waals surface area (Å²) < 4.78 is 41.8. The number of anilines is 1. The molecule has 0 aromatic heterocycles. The Morgan fingerprint density at radius 2 is 1.91 bits per heavy atom. The summed E-state index contributed by atoms with van der Waals surface area (Å²) in [6, 6.07) is 12.3. The van der Waals surface area contributed by atoms with Crippen molar-refractivity contribution < 1.29 is 23.2 Å². The minimum atomic E-state index is -3.48. The molecule has 2 fully saturated rings. The van der Waals surface area contributed by atoms with Crippen LogP contribution in [-0.4, -0.2) is 53.4 Å². The number of benzene rings is 2. The third-order valence-electron chi connectivity index (χ3n) is 5.96. The zero-order valence-electron chi connectivity index (χ0n) is 19.0. The van der Waals surface area contributed by atoms with Gasteiger partial charge >= 0.3 is 5.97 Å². The fourth-order valence-electron chi connectivity index (χ4n) is 4.21. The van der Waals surface area contributed by atoms with Gasteiger partial charge in [0.25, 0.3) is 0 Å². The van der Waals surface area contributed by atoms with E-state index in [2.05, 4.69) is 12.2 Å². The number of carbonyl (C=O) groups is 1. The highest BCUT2D eigenvalue weighted by molar-refractivity contribution is 7.90. The molecule has 2 aromatic carbocycles. The molecule has 0 radical (unpaired) electrons. The number of rotatable bonds is 9. The fourth-order valence-corrected chi connectivity index (χ4v) is 5.93. The molecule has 4 rings (SSSR count). The molecule has 3 atom stereocenters. The van der Waals surface area contributed by atoms with Crippen LogP contribution in [0.2, 0.25) is 0 Å². The highest BCUT2D eigenvalue weighted by atomic mass is 32.2. The first-order valence-electron chi connectivity index (χ1n) is 11.3. The van der Waals surface area contributed by atoms with E-state index in [1.807, 2.05) is 18.2 Å². The molecule has 9 heteroatoms. The van der Waals surface area contributed by atoms with Crippen molar-refractivity contribution in [2.24, 2.45) is 0 Å². The van der Waals surface area contributed by atoms with Crippen LogP contribution in [0, 0.1) is 4.78 Å². The lowest BCUT2D eigenvalue weighted by Gasteiger charge is -2.33. The van der Waals surface area contributed by atoms with Gasteiger partial charge in [0, 0.05) is 19.6 Å². The van der Waals surface area contributed by atoms with E-state index >= 15 is 0 Å². The van der Waals surface area contributed by atoms with Crippen LogP contribution in [0.4, 0.5) is 5.69 Å². The molecule has 0 amide bonds. The van der Waals surface area contributed by atoms with E-state index in [1.165, 1.54) is 13.2 Å². The number of nitrogens with zero attached hydrogens (tertiary/aromatic N) is 1. The molecular weight excluding hydrogens is 442 g/mol. The largest absolute Gasteiger partial charge is 0.465 e. The van der Waals surface area contributed by atoms with E-state index in [-0.39, 0.29) is 22.7 Å². The van der Waals surface area contributed by atoms with Crippen LogP contribution in [0.3, 0.4) is 0 Å². The second-order valence-corrected chi connectivity index (χ2v) is 10.4. The van der Waals surface area contributed by atoms with Gasteiger partial charge in [-0.3, -0.25) is 0 Å². The number of carbonyl (C=O) groups excluding carboxylic acids is 1. The highest BCUT2D eigenvalue weighted by Crippen LogP contribution is 2.41. The number of hydrogen-bond donors (Lipinski definition) is 2. The van der Waals surface area contributed by atoms with E-state index in [4.69, 9.17) is 19.0 Å². The minimum Gasteiger partial charge on any atom is -0.465 e. The van der Waals surface area contributed by atoms with E-state index in [1.54, 1.807) is 22.5 Å². The van der Waals surface area contributed by atoms with Crippen molar-refractivity contribution in [3.63, 3.8) is 0 Å². The van der Waals surface area contributed by atoms with Crippen LogP contribution in [0.25, 0.3) is 0 Å². The number of esters is 1. The van der Waals surface area contributed by atoms with Crippen LogP contribution in [0.5, 0.6) is 11.5 Å². The lowest BCUT2D eigenvalue weighted by atomic mass is 10.1. The lowest BCUT2D eigenvalue weighted by Crippen LogP contribution is -2.45. The van der Waals surface area contributed by atoms with Gasteiger partial charge in [-0.15, -0.1) is 0 Å². The first-order chi connectivity index (χ1) is 15.9. The summed E-state index contributed by atoms with van der Waals surface area (Å²) in [5.74, 6) is 0.294. The van der Waals surface area contributed by atoms with Crippen molar-refractivity contribution in [1.82, 2.24) is 4.31 Å². The average molecular weight is 474 g/mol. The maximum absolute atomic E-state index is 14.1. The SMILES string of the molecule is CCCCNc1cc(C(=O)OC)cc(S(=N)(=O)N2CC3CCC(C2)O3)c1Oc1ccccc1. The normalized spacial score (nSPS) is 21.9. The van der Waals surface area contributed by atoms with Gasteiger partial charge in [0.05, 0.1) is 30.6 Å². The predicted molar refractivity (Wildman–Crippen MR) is 126 cm³/mol. The quantitative estimate of drug-likeness (QED) is 0.406. The van der Waals surface area contributed by atoms with Crippen LogP contribution in [-0.2, 0) is 19.4 Å². The van der Waals surface area contributed by atoms with Crippen LogP contribution in [0.1, 0.15) is 43.0 Å². The van der Waals surface area contributed by atoms with Crippen LogP contribution < -0.4 is 10.1 Å². The number of para-hydroxylation sites is 1. The van der Waals surface area contributed by atoms with Crippen molar-refractivity contribution in [2.75, 3.05) is 32.1 Å². The zero-order valence-corrected chi connectivity index (χ0v) is 19.9. The average Bonchev–Trinajstić information content (AvgIpc) is 3.17. The molecule has 33 heavy (non-hydrogen) atoms. The molecule has 2 heterocycles. The van der Waals surface area contributed by atoms with Gasteiger partial charge < -0.3 is 19.5 Å². The monoisotopic (exact) mass is 473 g/mol. The van der Waals surface area contributed by atoms with Crippen LogP contribution in [0.15, 0.2) is 47.4 Å². The summed E-state index contributed by atoms with van der Waals surface area (Å²) in [5.41, 5.74) is 0.740. The molecule has 178 valence electrons. The van der Waals surface area contributed by atoms with Crippen LogP contribution >= 0.6 is 0 Å². The Bertz CT molecular complexity index is 1080. The van der Waals surface area contributed by atoms with Gasteiger partial charge in [-0.1, -0.05) is 31.5 Å². The summed E-state index contributed by atoms with van der Waals surface area (Å²) in [7, 11) is -2.17. The molecule has 8 nitrogen and oxygen atoms in total. The smallest absolute Gasteiger partial charge is 0.337 e. The highest BCUT2D eigenvalue weighted by Gasteiger charge is 2.39. The molecule has 2 aliphatic rings. The van der Waals surface area contributed by atoms with Gasteiger partial charge in [-0.05, 0) is 43.5 Å². The van der Waals surface area contributed by atoms with Gasteiger partial charge in [-0.2, -0.15) is 0 Å². The fraction of sp³-hybridized carbons (Fsp3) is 0.458. The Labute approximate surface area is 195 Å². The number of ether oxygens (including phenoxy) is 3. The summed E-state index contributed by atoms with van der Waals surface area (Å²) in [6.45, 7) is 3.55. The second-order valence-electron chi connectivity index (χ2n) is 8.37. The summed E-state index contributed by atoms with van der Waals surface area (Å²) in [5, 5.41) is 3.31. The third-order valence-corrected chi connectivity index (χ3v) is 7.88. The molecule has 0 saturated carbocycles. The molecule has 2 N–H and O–H groups in total. The van der Waals surface area contributed by atoms with Crippen molar-refractivity contribution in [3.8, 4) is 11.5 Å². The molecule has 2 aliphatic heterocycles. The van der Waals surface area contributed by atoms with E-state index in [9.17, 15) is 9.00 Å². The number of hydrogen-bond acceptors (Lipinski definition) is 7. The first-order valence-corrected chi connectivity index (χ1v) is 12.9. The summed E-state index contributed by atoms with van der Waals surface area (Å²) in [4.78, 5) is 12.6. The molecular formula is C24H31N3O5S. The topological polar surface area (TPSA) is 101 Å². The molecule has 3 unspecified atom stereocenters. The van der Waals surface area contributed by atoms with Gasteiger partial charge in [-0.25, -0.2) is 18.1 Å². The van der Waals surface area contributed by atoms with Crippen molar-refractivity contribution in [3.05, 3.63) is 48.0 Å². The number of unbranched alkanes of at least 4 members (excludes halogenated alkanes) is 1. The minimum absolute atomic E-state index is 0.0284. The second kappa shape index (κ2) is 10.1. The lowest BCUT2D eigenvalue weighted by molar-refractivity contribution is -0.0106. The predicted octanol–water partition coefficient (Wildman–Crippen LogP) is 4.66. The summed E-state index contributed by atoms with van der Waals surface area (Å²) >= 11 is 0. The Balaban J connectivity index is 1.82. The standard InChI is InChI=1S/C24H31N3O5S/c1-3-4-12-26-21-13-17(24(28)30-2)14-22(23(21)32-18-8-6-5-7-9-18)33(25,29)27-15-19-10-11-20(16-27)31-19/h5-9,13-14,19-20,25-26H,3-4,10-12,15-16H2,1-2H3. The van der Waals surface area contributed by atoms with E-state index in [0.717, 1.165) is 25.7 Å². The molecule has 0 spiro atoms. The maximum Gasteiger partial charge on any atom is 0.337 e. The number of fused-ring (bicyclic) bond motifs is 2. The number of morpholine rings is 1. The third kappa shape index (κ3) is 5.15. The van der Waals surface area contributed by atoms with Gasteiger partial charge in [0.15, 0.2) is 5.75 Å². The molecule has 0 aliphatic carbocycles.